The number of guanidine groups is 1. The first-order valence-electron chi connectivity index (χ1n) is 10.3. The first-order chi connectivity index (χ1) is 15.0. The molecule has 0 spiro atoms. The molecule has 1 aromatic heterocycles. The second kappa shape index (κ2) is 12.4. The van der Waals surface area contributed by atoms with Crippen LogP contribution in [0.15, 0.2) is 41.5 Å². The Balaban J connectivity index is 0.00000363. The van der Waals surface area contributed by atoms with Gasteiger partial charge in [0, 0.05) is 38.8 Å². The van der Waals surface area contributed by atoms with Crippen molar-refractivity contribution in [2.75, 3.05) is 37.0 Å². The molecule has 1 saturated heterocycles. The minimum Gasteiger partial charge on any atom is -0.495 e. The van der Waals surface area contributed by atoms with E-state index in [1.807, 2.05) is 30.0 Å². The number of nitrogens with zero attached hydrogens (tertiary/aromatic N) is 3. The summed E-state index contributed by atoms with van der Waals surface area (Å²) in [5, 5.41) is 9.46. The van der Waals surface area contributed by atoms with Crippen LogP contribution in [0.3, 0.4) is 0 Å². The maximum absolute atomic E-state index is 14.0. The van der Waals surface area contributed by atoms with Crippen LogP contribution in [0.4, 0.5) is 15.9 Å². The molecule has 10 heteroatoms. The Hall–Kier alpha value is -2.63. The van der Waals surface area contributed by atoms with E-state index in [2.05, 4.69) is 25.9 Å². The molecule has 32 heavy (non-hydrogen) atoms. The molecule has 1 fully saturated rings. The highest BCUT2D eigenvalue weighted by atomic mass is 127. The van der Waals surface area contributed by atoms with Crippen LogP contribution >= 0.6 is 24.0 Å². The second-order valence-corrected chi connectivity index (χ2v) is 7.30. The lowest BCUT2D eigenvalue weighted by Crippen LogP contribution is -2.44. The lowest BCUT2D eigenvalue weighted by Gasteiger charge is -2.20. The number of halogens is 2. The molecule has 2 heterocycles. The van der Waals surface area contributed by atoms with Crippen LogP contribution in [0, 0.1) is 5.82 Å². The molecule has 0 aliphatic carbocycles. The zero-order chi connectivity index (χ0) is 22.2. The number of hydrogen-bond acceptors (Lipinski definition) is 5. The smallest absolute Gasteiger partial charge is 0.221 e. The van der Waals surface area contributed by atoms with Gasteiger partial charge in [-0.15, -0.1) is 24.0 Å². The molecular weight excluding hydrogens is 526 g/mol. The second-order valence-electron chi connectivity index (χ2n) is 7.30. The number of rotatable bonds is 7. The van der Waals surface area contributed by atoms with Crippen molar-refractivity contribution in [2.24, 2.45) is 4.99 Å². The molecule has 1 unspecified atom stereocenters. The van der Waals surface area contributed by atoms with E-state index in [-0.39, 0.29) is 41.7 Å². The van der Waals surface area contributed by atoms with Crippen LogP contribution in [0.25, 0.3) is 0 Å². The number of nitrogens with one attached hydrogen (secondary N) is 3. The number of aromatic nitrogens is 1. The highest BCUT2D eigenvalue weighted by molar-refractivity contribution is 14.0. The van der Waals surface area contributed by atoms with E-state index in [1.54, 1.807) is 19.4 Å². The normalized spacial score (nSPS) is 15.7. The molecule has 0 radical (unpaired) electrons. The number of anilines is 2. The first kappa shape index (κ1) is 25.6. The zero-order valence-corrected chi connectivity index (χ0v) is 20.9. The summed E-state index contributed by atoms with van der Waals surface area (Å²) in [5.41, 5.74) is 1.55. The summed E-state index contributed by atoms with van der Waals surface area (Å²) in [6, 6.07) is 8.74. The summed E-state index contributed by atoms with van der Waals surface area (Å²) in [7, 11) is 1.56. The first-order valence-corrected chi connectivity index (χ1v) is 10.3. The van der Waals surface area contributed by atoms with E-state index < -0.39 is 0 Å². The van der Waals surface area contributed by atoms with Gasteiger partial charge in [-0.05, 0) is 43.2 Å². The van der Waals surface area contributed by atoms with Gasteiger partial charge >= 0.3 is 0 Å². The molecule has 3 rings (SSSR count). The minimum absolute atomic E-state index is 0. The van der Waals surface area contributed by atoms with E-state index in [1.165, 1.54) is 13.0 Å². The highest BCUT2D eigenvalue weighted by Gasteiger charge is 2.25. The molecule has 1 amide bonds. The Morgan fingerprint density at radius 3 is 2.88 bits per heavy atom. The third-order valence-electron chi connectivity index (χ3n) is 4.91. The average Bonchev–Trinajstić information content (AvgIpc) is 3.20. The third-order valence-corrected chi connectivity index (χ3v) is 4.91. The number of benzene rings is 1. The number of carbonyl (C=O) groups is 1. The van der Waals surface area contributed by atoms with Crippen LogP contribution in [-0.2, 0) is 11.3 Å². The predicted octanol–water partition coefficient (Wildman–Crippen LogP) is 3.14. The monoisotopic (exact) mass is 556 g/mol. The van der Waals surface area contributed by atoms with Crippen LogP contribution in [-0.4, -0.2) is 49.6 Å². The third kappa shape index (κ3) is 6.94. The van der Waals surface area contributed by atoms with E-state index >= 15 is 0 Å². The summed E-state index contributed by atoms with van der Waals surface area (Å²) in [5.74, 6) is 1.20. The lowest BCUT2D eigenvalue weighted by molar-refractivity contribution is -0.114. The Morgan fingerprint density at radius 2 is 2.19 bits per heavy atom. The Labute approximate surface area is 205 Å². The summed E-state index contributed by atoms with van der Waals surface area (Å²) in [4.78, 5) is 22.2. The number of ether oxygens (including phenoxy) is 1. The summed E-state index contributed by atoms with van der Waals surface area (Å²) in [6.07, 6.45) is 2.46. The topological polar surface area (TPSA) is 90.9 Å². The minimum atomic E-state index is -0.307. The van der Waals surface area contributed by atoms with E-state index in [0.29, 0.717) is 36.3 Å². The highest BCUT2D eigenvalue weighted by Crippen LogP contribution is 2.26. The molecule has 1 aliphatic rings. The van der Waals surface area contributed by atoms with Gasteiger partial charge in [0.15, 0.2) is 17.6 Å². The standard InChI is InChI=1S/C22H29FN6O2.HI/c1-4-24-22(26-13-16-7-8-20(31-3)19(12-16)27-15(2)30)28-17-9-11-29(14-17)21-18(23)6-5-10-25-21;/h5-8,10,12,17H,4,9,11,13-14H2,1-3H3,(H,27,30)(H2,24,26,28);1H. The van der Waals surface area contributed by atoms with Crippen LogP contribution in [0.1, 0.15) is 25.8 Å². The van der Waals surface area contributed by atoms with Crippen molar-refractivity contribution in [1.29, 1.82) is 0 Å². The summed E-state index contributed by atoms with van der Waals surface area (Å²) < 4.78 is 19.3. The number of aliphatic imine (C=N–C) groups is 1. The Bertz CT molecular complexity index is 942. The van der Waals surface area contributed by atoms with Crippen molar-refractivity contribution in [2.45, 2.75) is 32.9 Å². The Morgan fingerprint density at radius 1 is 1.38 bits per heavy atom. The van der Waals surface area contributed by atoms with Gasteiger partial charge in [-0.25, -0.2) is 14.4 Å². The molecule has 174 valence electrons. The van der Waals surface area contributed by atoms with Crippen molar-refractivity contribution in [3.8, 4) is 5.75 Å². The van der Waals surface area contributed by atoms with Crippen LogP contribution < -0.4 is 25.6 Å². The maximum atomic E-state index is 14.0. The number of methoxy groups -OCH3 is 1. The molecule has 0 bridgehead atoms. The zero-order valence-electron chi connectivity index (χ0n) is 18.5. The van der Waals surface area contributed by atoms with E-state index in [9.17, 15) is 9.18 Å². The van der Waals surface area contributed by atoms with E-state index in [0.717, 1.165) is 25.1 Å². The molecule has 0 saturated carbocycles. The fraction of sp³-hybridized carbons (Fsp3) is 0.409. The van der Waals surface area contributed by atoms with Crippen LogP contribution in [0.2, 0.25) is 0 Å². The largest absolute Gasteiger partial charge is 0.495 e. The van der Waals surface area contributed by atoms with Crippen LogP contribution in [0.5, 0.6) is 5.75 Å². The number of pyridine rings is 1. The van der Waals surface area contributed by atoms with Crippen molar-refractivity contribution in [3.63, 3.8) is 0 Å². The summed E-state index contributed by atoms with van der Waals surface area (Å²) >= 11 is 0. The van der Waals surface area contributed by atoms with Crippen molar-refractivity contribution in [3.05, 3.63) is 47.9 Å². The van der Waals surface area contributed by atoms with Gasteiger partial charge in [-0.3, -0.25) is 4.79 Å². The van der Waals surface area contributed by atoms with Gasteiger partial charge in [0.2, 0.25) is 5.91 Å². The number of carbonyl (C=O) groups excluding carboxylic acids is 1. The molecular formula is C22H30FIN6O2. The lowest BCUT2D eigenvalue weighted by atomic mass is 10.2. The fourth-order valence-corrected chi connectivity index (χ4v) is 3.51. The van der Waals surface area contributed by atoms with Gasteiger partial charge < -0.3 is 25.6 Å². The molecule has 1 aromatic carbocycles. The predicted molar refractivity (Wildman–Crippen MR) is 135 cm³/mol. The summed E-state index contributed by atoms with van der Waals surface area (Å²) in [6.45, 7) is 5.98. The molecule has 8 nitrogen and oxygen atoms in total. The van der Waals surface area contributed by atoms with Crippen molar-refractivity contribution < 1.29 is 13.9 Å². The number of hydrogen-bond donors (Lipinski definition) is 3. The van der Waals surface area contributed by atoms with Gasteiger partial charge in [0.1, 0.15) is 5.75 Å². The molecule has 1 atom stereocenters. The van der Waals surface area contributed by atoms with Gasteiger partial charge in [-0.1, -0.05) is 6.07 Å². The molecule has 3 N–H and O–H groups in total. The quantitative estimate of drug-likeness (QED) is 0.276. The fourth-order valence-electron chi connectivity index (χ4n) is 3.51. The SMILES string of the molecule is CCNC(=NCc1ccc(OC)c(NC(C)=O)c1)NC1CCN(c2ncccc2F)C1.I. The van der Waals surface area contributed by atoms with Crippen molar-refractivity contribution in [1.82, 2.24) is 15.6 Å². The van der Waals surface area contributed by atoms with Crippen molar-refractivity contribution >= 4 is 47.3 Å². The van der Waals surface area contributed by atoms with E-state index in [4.69, 9.17) is 4.74 Å². The van der Waals surface area contributed by atoms with Gasteiger partial charge in [0.25, 0.3) is 0 Å². The molecule has 1 aliphatic heterocycles. The molecule has 2 aromatic rings. The Kier molecular flexibility index (Phi) is 9.95. The average molecular weight is 556 g/mol. The van der Waals surface area contributed by atoms with Gasteiger partial charge in [-0.2, -0.15) is 0 Å². The maximum Gasteiger partial charge on any atom is 0.221 e. The van der Waals surface area contributed by atoms with Gasteiger partial charge in [0.05, 0.1) is 19.3 Å². The number of amides is 1.